The van der Waals surface area contributed by atoms with Crippen molar-refractivity contribution in [1.29, 1.82) is 0 Å². The summed E-state index contributed by atoms with van der Waals surface area (Å²) in [5.41, 5.74) is 6.54. The van der Waals surface area contributed by atoms with Gasteiger partial charge >= 0.3 is 0 Å². The molecule has 0 bridgehead atoms. The SMILES string of the molecule is CCCCC(CN)NC(=O)CCCc1nc(-c2ccc(Cl)cc2)no1. The number of unbranched alkanes of at least 4 members (excludes halogenated alkanes) is 1. The standard InChI is InChI=1S/C18H25ClN4O2/c1-2-3-5-15(12-20)21-16(24)6-4-7-17-22-18(23-25-17)13-8-10-14(19)11-9-13/h8-11,15H,2-7,12,20H2,1H3,(H,21,24). The number of amides is 1. The summed E-state index contributed by atoms with van der Waals surface area (Å²) >= 11 is 5.87. The number of carbonyl (C=O) groups excluding carboxylic acids is 1. The van der Waals surface area contributed by atoms with Gasteiger partial charge in [-0.2, -0.15) is 4.98 Å². The number of hydrogen-bond donors (Lipinski definition) is 2. The van der Waals surface area contributed by atoms with Crippen molar-refractivity contribution in [3.05, 3.63) is 35.2 Å². The minimum atomic E-state index is 0.0176. The smallest absolute Gasteiger partial charge is 0.226 e. The van der Waals surface area contributed by atoms with Gasteiger partial charge < -0.3 is 15.6 Å². The molecule has 0 spiro atoms. The van der Waals surface area contributed by atoms with Crippen molar-refractivity contribution in [2.45, 2.75) is 51.5 Å². The number of benzene rings is 1. The van der Waals surface area contributed by atoms with E-state index in [1.165, 1.54) is 0 Å². The Morgan fingerprint density at radius 1 is 1.32 bits per heavy atom. The zero-order valence-electron chi connectivity index (χ0n) is 14.5. The maximum atomic E-state index is 12.0. The molecule has 2 rings (SSSR count). The minimum Gasteiger partial charge on any atom is -0.352 e. The number of nitrogens with two attached hydrogens (primary N) is 1. The van der Waals surface area contributed by atoms with E-state index >= 15 is 0 Å². The first kappa shape index (κ1) is 19.4. The molecule has 0 saturated carbocycles. The maximum Gasteiger partial charge on any atom is 0.226 e. The summed E-state index contributed by atoms with van der Waals surface area (Å²) in [6.07, 6.45) is 4.72. The van der Waals surface area contributed by atoms with Crippen LogP contribution in [-0.4, -0.2) is 28.6 Å². The lowest BCUT2D eigenvalue weighted by Gasteiger charge is -2.16. The van der Waals surface area contributed by atoms with Crippen LogP contribution in [0.2, 0.25) is 5.02 Å². The van der Waals surface area contributed by atoms with E-state index in [-0.39, 0.29) is 11.9 Å². The molecule has 2 aromatic rings. The van der Waals surface area contributed by atoms with Crippen molar-refractivity contribution in [2.75, 3.05) is 6.54 Å². The van der Waals surface area contributed by atoms with Gasteiger partial charge in [0.25, 0.3) is 0 Å². The molecule has 1 atom stereocenters. The van der Waals surface area contributed by atoms with Crippen molar-refractivity contribution < 1.29 is 9.32 Å². The lowest BCUT2D eigenvalue weighted by atomic mass is 10.1. The summed E-state index contributed by atoms with van der Waals surface area (Å²) in [4.78, 5) is 16.3. The van der Waals surface area contributed by atoms with E-state index in [0.29, 0.717) is 42.5 Å². The van der Waals surface area contributed by atoms with Gasteiger partial charge in [-0.1, -0.05) is 36.5 Å². The van der Waals surface area contributed by atoms with Crippen LogP contribution in [0.1, 0.15) is 44.9 Å². The van der Waals surface area contributed by atoms with E-state index in [1.807, 2.05) is 12.1 Å². The first-order valence-electron chi connectivity index (χ1n) is 8.70. The molecular formula is C18H25ClN4O2. The molecule has 136 valence electrons. The van der Waals surface area contributed by atoms with Crippen LogP contribution in [0, 0.1) is 0 Å². The summed E-state index contributed by atoms with van der Waals surface area (Å²) in [5, 5.41) is 7.60. The topological polar surface area (TPSA) is 94.0 Å². The van der Waals surface area contributed by atoms with Gasteiger partial charge in [-0.25, -0.2) is 0 Å². The van der Waals surface area contributed by atoms with E-state index in [1.54, 1.807) is 12.1 Å². The normalized spacial score (nSPS) is 12.1. The number of aryl methyl sites for hydroxylation is 1. The lowest BCUT2D eigenvalue weighted by molar-refractivity contribution is -0.121. The van der Waals surface area contributed by atoms with Gasteiger partial charge in [0.15, 0.2) is 0 Å². The molecule has 25 heavy (non-hydrogen) atoms. The largest absolute Gasteiger partial charge is 0.352 e. The highest BCUT2D eigenvalue weighted by atomic mass is 35.5. The number of rotatable bonds is 10. The third-order valence-corrected chi connectivity index (χ3v) is 4.17. The van der Waals surface area contributed by atoms with Gasteiger partial charge in [0.1, 0.15) is 0 Å². The zero-order valence-corrected chi connectivity index (χ0v) is 15.3. The highest BCUT2D eigenvalue weighted by molar-refractivity contribution is 6.30. The third-order valence-electron chi connectivity index (χ3n) is 3.92. The van der Waals surface area contributed by atoms with Crippen molar-refractivity contribution in [2.24, 2.45) is 5.73 Å². The van der Waals surface area contributed by atoms with Crippen LogP contribution in [0.25, 0.3) is 11.4 Å². The third kappa shape index (κ3) is 6.48. The van der Waals surface area contributed by atoms with Crippen LogP contribution in [0.5, 0.6) is 0 Å². The van der Waals surface area contributed by atoms with E-state index in [9.17, 15) is 4.79 Å². The number of aromatic nitrogens is 2. The molecule has 0 aliphatic rings. The van der Waals surface area contributed by atoms with Crippen LogP contribution in [0.3, 0.4) is 0 Å². The molecule has 0 aliphatic carbocycles. The van der Waals surface area contributed by atoms with Gasteiger partial charge in [0.2, 0.25) is 17.6 Å². The summed E-state index contributed by atoms with van der Waals surface area (Å²) in [6, 6.07) is 7.31. The molecule has 1 unspecified atom stereocenters. The molecule has 7 heteroatoms. The van der Waals surface area contributed by atoms with Crippen LogP contribution in [0.15, 0.2) is 28.8 Å². The second kappa shape index (κ2) is 10.2. The fourth-order valence-electron chi connectivity index (χ4n) is 2.47. The van der Waals surface area contributed by atoms with Crippen LogP contribution in [-0.2, 0) is 11.2 Å². The van der Waals surface area contributed by atoms with Crippen LogP contribution >= 0.6 is 11.6 Å². The average molecular weight is 365 g/mol. The Labute approximate surface area is 153 Å². The Kier molecular flexibility index (Phi) is 7.88. The van der Waals surface area contributed by atoms with Crippen LogP contribution < -0.4 is 11.1 Å². The maximum absolute atomic E-state index is 12.0. The molecule has 0 radical (unpaired) electrons. The zero-order chi connectivity index (χ0) is 18.1. The predicted molar refractivity (Wildman–Crippen MR) is 98.2 cm³/mol. The van der Waals surface area contributed by atoms with Crippen molar-refractivity contribution >= 4 is 17.5 Å². The molecule has 1 heterocycles. The average Bonchev–Trinajstić information content (AvgIpc) is 3.08. The van der Waals surface area contributed by atoms with Gasteiger partial charge in [0, 0.05) is 36.0 Å². The Morgan fingerprint density at radius 2 is 2.08 bits per heavy atom. The molecule has 0 fully saturated rings. The van der Waals surface area contributed by atoms with Crippen molar-refractivity contribution in [1.82, 2.24) is 15.5 Å². The minimum absolute atomic E-state index is 0.0176. The van der Waals surface area contributed by atoms with E-state index in [0.717, 1.165) is 24.8 Å². The van der Waals surface area contributed by atoms with Gasteiger partial charge in [0.05, 0.1) is 0 Å². The molecule has 1 aromatic heterocycles. The summed E-state index contributed by atoms with van der Waals surface area (Å²) in [6.45, 7) is 2.60. The number of nitrogens with one attached hydrogen (secondary N) is 1. The molecule has 0 saturated heterocycles. The first-order chi connectivity index (χ1) is 12.1. The first-order valence-corrected chi connectivity index (χ1v) is 9.08. The van der Waals surface area contributed by atoms with Crippen molar-refractivity contribution in [3.63, 3.8) is 0 Å². The van der Waals surface area contributed by atoms with E-state index in [4.69, 9.17) is 21.9 Å². The quantitative estimate of drug-likeness (QED) is 0.674. The second-order valence-electron chi connectivity index (χ2n) is 6.01. The molecule has 1 aromatic carbocycles. The highest BCUT2D eigenvalue weighted by Gasteiger charge is 2.12. The second-order valence-corrected chi connectivity index (χ2v) is 6.45. The fourth-order valence-corrected chi connectivity index (χ4v) is 2.60. The monoisotopic (exact) mass is 364 g/mol. The molecule has 1 amide bonds. The number of halogens is 1. The Bertz CT molecular complexity index is 657. The van der Waals surface area contributed by atoms with Gasteiger partial charge in [-0.3, -0.25) is 4.79 Å². The van der Waals surface area contributed by atoms with Gasteiger partial charge in [-0.15, -0.1) is 0 Å². The fraction of sp³-hybridized carbons (Fsp3) is 0.500. The van der Waals surface area contributed by atoms with Crippen molar-refractivity contribution in [3.8, 4) is 11.4 Å². The molecule has 3 N–H and O–H groups in total. The van der Waals surface area contributed by atoms with E-state index < -0.39 is 0 Å². The Morgan fingerprint density at radius 3 is 2.76 bits per heavy atom. The van der Waals surface area contributed by atoms with Crippen LogP contribution in [0.4, 0.5) is 0 Å². The number of carbonyl (C=O) groups is 1. The van der Waals surface area contributed by atoms with Gasteiger partial charge in [-0.05, 0) is 37.1 Å². The summed E-state index contributed by atoms with van der Waals surface area (Å²) in [5.74, 6) is 1.07. The summed E-state index contributed by atoms with van der Waals surface area (Å²) in [7, 11) is 0. The Balaban J connectivity index is 1.76. The highest BCUT2D eigenvalue weighted by Crippen LogP contribution is 2.19. The van der Waals surface area contributed by atoms with E-state index in [2.05, 4.69) is 22.4 Å². The predicted octanol–water partition coefficient (Wildman–Crippen LogP) is 3.35. The Hall–Kier alpha value is -1.92. The lowest BCUT2D eigenvalue weighted by Crippen LogP contribution is -2.40. The summed E-state index contributed by atoms with van der Waals surface area (Å²) < 4.78 is 5.24. The number of hydrogen-bond acceptors (Lipinski definition) is 5. The molecule has 6 nitrogen and oxygen atoms in total. The molecular weight excluding hydrogens is 340 g/mol. The molecule has 0 aliphatic heterocycles. The number of nitrogens with zero attached hydrogens (tertiary/aromatic N) is 2.